The van der Waals surface area contributed by atoms with Crippen LogP contribution in [0.5, 0.6) is 0 Å². The van der Waals surface area contributed by atoms with Gasteiger partial charge in [0.1, 0.15) is 11.9 Å². The van der Waals surface area contributed by atoms with Crippen LogP contribution >= 0.6 is 27.5 Å². The molecule has 1 aromatic heterocycles. The minimum Gasteiger partial charge on any atom is -0.347 e. The smallest absolute Gasteiger partial charge is 0.273 e. The summed E-state index contributed by atoms with van der Waals surface area (Å²) in [7, 11) is 3.19. The predicted octanol–water partition coefficient (Wildman–Crippen LogP) is 2.28. The van der Waals surface area contributed by atoms with Crippen LogP contribution in [0.2, 0.25) is 5.02 Å². The number of nitrogens with zero attached hydrogens (tertiary/aromatic N) is 2. The largest absolute Gasteiger partial charge is 0.347 e. The molecular formula is C16H17BrClN5O3. The van der Waals surface area contributed by atoms with E-state index < -0.39 is 17.9 Å². The molecule has 10 heteroatoms. The van der Waals surface area contributed by atoms with E-state index in [1.807, 2.05) is 0 Å². The SMILES string of the molecule is C[C@H](NC(=O)c1n[nH]c(NC(=O)c2ccccc2Cl)c1Br)C(=O)N(C)C. The first-order valence-corrected chi connectivity index (χ1v) is 8.71. The Morgan fingerprint density at radius 3 is 2.50 bits per heavy atom. The number of rotatable bonds is 5. The van der Waals surface area contributed by atoms with Crippen molar-refractivity contribution in [1.82, 2.24) is 20.4 Å². The Labute approximate surface area is 163 Å². The summed E-state index contributed by atoms with van der Waals surface area (Å²) in [6.45, 7) is 1.57. The number of halogens is 2. The molecule has 3 amide bonds. The fourth-order valence-electron chi connectivity index (χ4n) is 2.10. The first kappa shape index (κ1) is 19.9. The number of carbonyl (C=O) groups is 3. The lowest BCUT2D eigenvalue weighted by molar-refractivity contribution is -0.130. The maximum Gasteiger partial charge on any atom is 0.273 e. The Morgan fingerprint density at radius 1 is 1.23 bits per heavy atom. The van der Waals surface area contributed by atoms with Crippen LogP contribution in [0.4, 0.5) is 5.82 Å². The van der Waals surface area contributed by atoms with Gasteiger partial charge in [-0.25, -0.2) is 0 Å². The van der Waals surface area contributed by atoms with E-state index in [0.29, 0.717) is 5.02 Å². The molecule has 0 aliphatic carbocycles. The van der Waals surface area contributed by atoms with Gasteiger partial charge in [-0.3, -0.25) is 19.5 Å². The molecule has 0 aliphatic heterocycles. The molecule has 0 bridgehead atoms. The number of hydrogen-bond acceptors (Lipinski definition) is 4. The standard InChI is InChI=1S/C16H17BrClN5O3/c1-8(16(26)23(2)3)19-15(25)12-11(17)13(22-21-12)20-14(24)9-6-4-5-7-10(9)18/h4-8H,1-3H3,(H,19,25)(H2,20,21,22,24)/t8-/m0/s1. The van der Waals surface area contributed by atoms with Crippen molar-refractivity contribution in [1.29, 1.82) is 0 Å². The average molecular weight is 443 g/mol. The molecule has 1 heterocycles. The van der Waals surface area contributed by atoms with Crippen LogP contribution in [0, 0.1) is 0 Å². The summed E-state index contributed by atoms with van der Waals surface area (Å²) in [6.07, 6.45) is 0. The highest BCUT2D eigenvalue weighted by Crippen LogP contribution is 2.25. The van der Waals surface area contributed by atoms with Crippen molar-refractivity contribution in [2.45, 2.75) is 13.0 Å². The van der Waals surface area contributed by atoms with Crippen LogP contribution < -0.4 is 10.6 Å². The zero-order valence-electron chi connectivity index (χ0n) is 14.3. The molecule has 0 saturated heterocycles. The summed E-state index contributed by atoms with van der Waals surface area (Å²) in [6, 6.07) is 5.85. The van der Waals surface area contributed by atoms with Gasteiger partial charge in [-0.15, -0.1) is 0 Å². The quantitative estimate of drug-likeness (QED) is 0.660. The Hall–Kier alpha value is -2.39. The average Bonchev–Trinajstić information content (AvgIpc) is 2.95. The molecule has 0 unspecified atom stereocenters. The second-order valence-corrected chi connectivity index (χ2v) is 6.82. The Kier molecular flexibility index (Phi) is 6.38. The number of aromatic amines is 1. The number of H-pyrrole nitrogens is 1. The van der Waals surface area contributed by atoms with Crippen molar-refractivity contribution in [3.8, 4) is 0 Å². The number of likely N-dealkylation sites (N-methyl/N-ethyl adjacent to an activating group) is 1. The summed E-state index contributed by atoms with van der Waals surface area (Å²) in [5.41, 5.74) is 0.296. The number of amides is 3. The summed E-state index contributed by atoms with van der Waals surface area (Å²) in [5.74, 6) is -1.07. The lowest BCUT2D eigenvalue weighted by Gasteiger charge is -2.17. The maximum absolute atomic E-state index is 12.3. The normalized spacial score (nSPS) is 11.6. The first-order chi connectivity index (χ1) is 12.2. The third-order valence-corrected chi connectivity index (χ3v) is 4.54. The van der Waals surface area contributed by atoms with Crippen molar-refractivity contribution < 1.29 is 14.4 Å². The molecule has 138 valence electrons. The van der Waals surface area contributed by atoms with E-state index in [4.69, 9.17) is 11.6 Å². The molecule has 0 spiro atoms. The third-order valence-electron chi connectivity index (χ3n) is 3.44. The van der Waals surface area contributed by atoms with Crippen LogP contribution in [-0.4, -0.2) is 53.0 Å². The fourth-order valence-corrected chi connectivity index (χ4v) is 2.78. The van der Waals surface area contributed by atoms with Crippen LogP contribution in [-0.2, 0) is 4.79 Å². The Morgan fingerprint density at radius 2 is 1.88 bits per heavy atom. The highest BCUT2D eigenvalue weighted by atomic mass is 79.9. The molecular weight excluding hydrogens is 426 g/mol. The van der Waals surface area contributed by atoms with Gasteiger partial charge >= 0.3 is 0 Å². The van der Waals surface area contributed by atoms with Gasteiger partial charge in [-0.1, -0.05) is 23.7 Å². The molecule has 8 nitrogen and oxygen atoms in total. The number of hydrogen-bond donors (Lipinski definition) is 3. The van der Waals surface area contributed by atoms with Crippen molar-refractivity contribution in [2.24, 2.45) is 0 Å². The van der Waals surface area contributed by atoms with E-state index >= 15 is 0 Å². The first-order valence-electron chi connectivity index (χ1n) is 7.54. The maximum atomic E-state index is 12.3. The number of nitrogens with one attached hydrogen (secondary N) is 3. The van der Waals surface area contributed by atoms with Gasteiger partial charge in [0.25, 0.3) is 11.8 Å². The number of benzene rings is 1. The van der Waals surface area contributed by atoms with Gasteiger partial charge in [-0.2, -0.15) is 5.10 Å². The highest BCUT2D eigenvalue weighted by Gasteiger charge is 2.24. The molecule has 0 fully saturated rings. The minimum absolute atomic E-state index is 0.0119. The van der Waals surface area contributed by atoms with Gasteiger partial charge < -0.3 is 15.5 Å². The second kappa shape index (κ2) is 8.33. The number of aromatic nitrogens is 2. The molecule has 0 aliphatic rings. The second-order valence-electron chi connectivity index (χ2n) is 5.62. The minimum atomic E-state index is -0.720. The van der Waals surface area contributed by atoms with Gasteiger partial charge in [0.2, 0.25) is 5.91 Å². The summed E-state index contributed by atoms with van der Waals surface area (Å²) >= 11 is 9.22. The van der Waals surface area contributed by atoms with Crippen molar-refractivity contribution in [2.75, 3.05) is 19.4 Å². The molecule has 0 saturated carbocycles. The molecule has 1 atom stereocenters. The Balaban J connectivity index is 2.12. The van der Waals surface area contributed by atoms with E-state index in [2.05, 4.69) is 36.8 Å². The van der Waals surface area contributed by atoms with E-state index in [1.54, 1.807) is 45.3 Å². The zero-order chi connectivity index (χ0) is 19.4. The van der Waals surface area contributed by atoms with Gasteiger partial charge in [-0.05, 0) is 35.0 Å². The monoisotopic (exact) mass is 441 g/mol. The summed E-state index contributed by atoms with van der Waals surface area (Å²) in [5, 5.41) is 11.9. The predicted molar refractivity (Wildman–Crippen MR) is 101 cm³/mol. The van der Waals surface area contributed by atoms with Crippen LogP contribution in [0.3, 0.4) is 0 Å². The molecule has 2 rings (SSSR count). The van der Waals surface area contributed by atoms with Gasteiger partial charge in [0.15, 0.2) is 5.69 Å². The van der Waals surface area contributed by atoms with Crippen LogP contribution in [0.1, 0.15) is 27.8 Å². The molecule has 2 aromatic rings. The van der Waals surface area contributed by atoms with Gasteiger partial charge in [0, 0.05) is 14.1 Å². The molecule has 0 radical (unpaired) electrons. The topological polar surface area (TPSA) is 107 Å². The lowest BCUT2D eigenvalue weighted by atomic mass is 10.2. The van der Waals surface area contributed by atoms with E-state index in [-0.39, 0.29) is 27.5 Å². The zero-order valence-corrected chi connectivity index (χ0v) is 16.6. The van der Waals surface area contributed by atoms with Crippen LogP contribution in [0.25, 0.3) is 0 Å². The Bertz CT molecular complexity index is 852. The van der Waals surface area contributed by atoms with Crippen molar-refractivity contribution >= 4 is 51.1 Å². The van der Waals surface area contributed by atoms with E-state index in [9.17, 15) is 14.4 Å². The molecule has 26 heavy (non-hydrogen) atoms. The fraction of sp³-hybridized carbons (Fsp3) is 0.250. The lowest BCUT2D eigenvalue weighted by Crippen LogP contribution is -2.44. The number of anilines is 1. The van der Waals surface area contributed by atoms with E-state index in [0.717, 1.165) is 0 Å². The van der Waals surface area contributed by atoms with Crippen molar-refractivity contribution in [3.05, 3.63) is 45.0 Å². The van der Waals surface area contributed by atoms with E-state index in [1.165, 1.54) is 4.90 Å². The third kappa shape index (κ3) is 4.41. The summed E-state index contributed by atoms with van der Waals surface area (Å²) in [4.78, 5) is 37.8. The molecule has 1 aromatic carbocycles. The number of carbonyl (C=O) groups excluding carboxylic acids is 3. The highest BCUT2D eigenvalue weighted by molar-refractivity contribution is 9.10. The van der Waals surface area contributed by atoms with Crippen LogP contribution in [0.15, 0.2) is 28.7 Å². The molecule has 3 N–H and O–H groups in total. The van der Waals surface area contributed by atoms with Gasteiger partial charge in [0.05, 0.1) is 15.1 Å². The van der Waals surface area contributed by atoms with Crippen molar-refractivity contribution in [3.63, 3.8) is 0 Å². The summed E-state index contributed by atoms with van der Waals surface area (Å²) < 4.78 is 0.264.